The third-order valence-electron chi connectivity index (χ3n) is 6.05. The molecule has 1 fully saturated rings. The van der Waals surface area contributed by atoms with Gasteiger partial charge in [-0.2, -0.15) is 0 Å². The van der Waals surface area contributed by atoms with Crippen LogP contribution in [0.2, 0.25) is 0 Å². The number of amides is 2. The molecular formula is C23H29N7O4S. The Morgan fingerprint density at radius 1 is 1.11 bits per heavy atom. The lowest BCUT2D eigenvalue weighted by Gasteiger charge is -2.12. The Kier molecular flexibility index (Phi) is 7.17. The van der Waals surface area contributed by atoms with Gasteiger partial charge in [0.05, 0.1) is 15.9 Å². The average molecular weight is 500 g/mol. The second kappa shape index (κ2) is 10.1. The summed E-state index contributed by atoms with van der Waals surface area (Å²) in [5.74, 6) is -0.0540. The van der Waals surface area contributed by atoms with Gasteiger partial charge in [-0.05, 0) is 30.2 Å². The number of carbonyl (C=O) groups is 2. The molecule has 1 aliphatic rings. The van der Waals surface area contributed by atoms with Gasteiger partial charge in [0.2, 0.25) is 15.9 Å². The van der Waals surface area contributed by atoms with E-state index in [1.165, 1.54) is 20.2 Å². The zero-order valence-electron chi connectivity index (χ0n) is 19.8. The van der Waals surface area contributed by atoms with E-state index in [-0.39, 0.29) is 29.2 Å². The van der Waals surface area contributed by atoms with Crippen LogP contribution >= 0.6 is 0 Å². The van der Waals surface area contributed by atoms with Gasteiger partial charge in [0.15, 0.2) is 0 Å². The number of aryl methyl sites for hydroxylation is 2. The van der Waals surface area contributed by atoms with Crippen LogP contribution in [-0.4, -0.2) is 54.2 Å². The van der Waals surface area contributed by atoms with Crippen LogP contribution in [0.5, 0.6) is 0 Å². The molecule has 2 heterocycles. The van der Waals surface area contributed by atoms with Gasteiger partial charge in [-0.15, -0.1) is 0 Å². The molecule has 4 N–H and O–H groups in total. The maximum absolute atomic E-state index is 12.4. The molecule has 2 atom stereocenters. The first-order valence-corrected chi connectivity index (χ1v) is 12.6. The van der Waals surface area contributed by atoms with Crippen LogP contribution in [0.1, 0.15) is 30.3 Å². The summed E-state index contributed by atoms with van der Waals surface area (Å²) in [6.07, 6.45) is 0.975. The van der Waals surface area contributed by atoms with E-state index in [0.717, 1.165) is 15.4 Å². The summed E-state index contributed by atoms with van der Waals surface area (Å²) in [7, 11) is 1.19. The lowest BCUT2D eigenvalue weighted by molar-refractivity contribution is -0.129. The molecule has 0 spiro atoms. The molecule has 1 aliphatic heterocycles. The van der Waals surface area contributed by atoms with Gasteiger partial charge in [-0.1, -0.05) is 30.3 Å². The molecule has 186 valence electrons. The summed E-state index contributed by atoms with van der Waals surface area (Å²) in [6, 6.07) is 14.1. The summed E-state index contributed by atoms with van der Waals surface area (Å²) in [4.78, 5) is 29.4. The smallest absolute Gasteiger partial charge is 0.256 e. The first-order valence-electron chi connectivity index (χ1n) is 11.2. The monoisotopic (exact) mass is 499 g/mol. The number of fused-ring (bicyclic) bond motifs is 1. The fourth-order valence-electron chi connectivity index (χ4n) is 3.96. The van der Waals surface area contributed by atoms with Crippen molar-refractivity contribution in [2.45, 2.75) is 36.2 Å². The van der Waals surface area contributed by atoms with E-state index in [4.69, 9.17) is 0 Å². The predicted molar refractivity (Wildman–Crippen MR) is 130 cm³/mol. The third-order valence-corrected chi connectivity index (χ3v) is 7.86. The van der Waals surface area contributed by atoms with Crippen molar-refractivity contribution in [1.29, 1.82) is 0 Å². The van der Waals surface area contributed by atoms with Gasteiger partial charge in [-0.25, -0.2) is 28.6 Å². The van der Waals surface area contributed by atoms with Crippen molar-refractivity contribution in [3.05, 3.63) is 59.9 Å². The van der Waals surface area contributed by atoms with Gasteiger partial charge in [0.25, 0.3) is 5.91 Å². The van der Waals surface area contributed by atoms with Crippen LogP contribution in [0.15, 0.2) is 53.4 Å². The third kappa shape index (κ3) is 5.35. The number of aromatic nitrogens is 2. The van der Waals surface area contributed by atoms with E-state index in [1.807, 2.05) is 41.9 Å². The Morgan fingerprint density at radius 2 is 1.86 bits per heavy atom. The first-order chi connectivity index (χ1) is 16.7. The molecular weight excluding hydrogens is 470 g/mol. The number of hydrazine groups is 2. The maximum atomic E-state index is 12.4. The molecule has 12 heteroatoms. The summed E-state index contributed by atoms with van der Waals surface area (Å²) in [6.45, 7) is 0. The number of sulfonamides is 1. The highest BCUT2D eigenvalue weighted by Gasteiger charge is 2.30. The van der Waals surface area contributed by atoms with Gasteiger partial charge in [0.1, 0.15) is 11.9 Å². The van der Waals surface area contributed by atoms with Crippen LogP contribution in [-0.2, 0) is 33.1 Å². The van der Waals surface area contributed by atoms with Crippen molar-refractivity contribution >= 4 is 32.9 Å². The summed E-state index contributed by atoms with van der Waals surface area (Å²) >= 11 is 0. The van der Waals surface area contributed by atoms with Crippen LogP contribution < -0.4 is 21.7 Å². The highest BCUT2D eigenvalue weighted by atomic mass is 32.2. The van der Waals surface area contributed by atoms with Crippen LogP contribution in [0.25, 0.3) is 11.0 Å². The normalized spacial score (nSPS) is 18.2. The van der Waals surface area contributed by atoms with E-state index in [9.17, 15) is 18.0 Å². The van der Waals surface area contributed by atoms with Crippen molar-refractivity contribution in [3.63, 3.8) is 0 Å². The quantitative estimate of drug-likeness (QED) is 0.348. The molecule has 0 bridgehead atoms. The number of hydrogen-bond donors (Lipinski definition) is 4. The van der Waals surface area contributed by atoms with Crippen molar-refractivity contribution in [2.75, 3.05) is 14.1 Å². The molecule has 0 radical (unpaired) electrons. The molecule has 1 saturated heterocycles. The zero-order chi connectivity index (χ0) is 25.2. The molecule has 2 amide bonds. The fraction of sp³-hybridized carbons (Fsp3) is 0.348. The second-order valence-corrected chi connectivity index (χ2v) is 10.8. The highest BCUT2D eigenvalue weighted by molar-refractivity contribution is 7.89. The van der Waals surface area contributed by atoms with Gasteiger partial charge < -0.3 is 4.57 Å². The molecule has 11 nitrogen and oxygen atoms in total. The van der Waals surface area contributed by atoms with E-state index < -0.39 is 16.1 Å². The number of imidazole rings is 1. The Hall–Kier alpha value is -3.32. The van der Waals surface area contributed by atoms with Crippen LogP contribution in [0, 0.1) is 0 Å². The topological polar surface area (TPSA) is 137 Å². The molecule has 0 aliphatic carbocycles. The number of carbonyl (C=O) groups excluding carboxylic acids is 2. The number of nitrogens with zero attached hydrogens (tertiary/aromatic N) is 3. The van der Waals surface area contributed by atoms with Crippen LogP contribution in [0.3, 0.4) is 0 Å². The Bertz CT molecular complexity index is 1340. The minimum atomic E-state index is -3.57. The summed E-state index contributed by atoms with van der Waals surface area (Å²) < 4.78 is 27.8. The first kappa shape index (κ1) is 24.8. The number of nitrogens with one attached hydrogen (secondary N) is 4. The Balaban J connectivity index is 1.30. The molecule has 0 saturated carbocycles. The number of benzene rings is 2. The molecule has 35 heavy (non-hydrogen) atoms. The van der Waals surface area contributed by atoms with Crippen molar-refractivity contribution in [3.8, 4) is 0 Å². The van der Waals surface area contributed by atoms with Gasteiger partial charge in [0, 0.05) is 40.0 Å². The molecule has 2 unspecified atom stereocenters. The molecule has 3 aromatic rings. The number of rotatable bonds is 7. The van der Waals surface area contributed by atoms with E-state index in [0.29, 0.717) is 24.2 Å². The highest BCUT2D eigenvalue weighted by Crippen LogP contribution is 2.23. The standard InChI is InChI=1S/C23H29N7O4S/c1-29(2)35(33,34)16-9-10-20-18(13-16)24-21(30(20)3)11-12-22(31)27-28-23(32)19-14-17(25-26-19)15-7-5-4-6-8-15/h4-10,13,17,19,25-26H,11-12,14H2,1-3H3,(H,27,31)(H,28,32). The van der Waals surface area contributed by atoms with Gasteiger partial charge >= 0.3 is 0 Å². The maximum Gasteiger partial charge on any atom is 0.256 e. The van der Waals surface area contributed by atoms with Crippen molar-refractivity contribution in [2.24, 2.45) is 7.05 Å². The SMILES string of the molecule is CN(C)S(=O)(=O)c1ccc2c(c1)nc(CCC(=O)NNC(=O)C1CC(c3ccccc3)NN1)n2C. The molecule has 2 aromatic carbocycles. The summed E-state index contributed by atoms with van der Waals surface area (Å²) in [5.41, 5.74) is 13.4. The minimum Gasteiger partial charge on any atom is -0.331 e. The van der Waals surface area contributed by atoms with E-state index in [2.05, 4.69) is 26.7 Å². The predicted octanol–water partition coefficient (Wildman–Crippen LogP) is 0.511. The Labute approximate surface area is 203 Å². The Morgan fingerprint density at radius 3 is 2.57 bits per heavy atom. The molecule has 4 rings (SSSR count). The lowest BCUT2D eigenvalue weighted by atomic mass is 10.0. The second-order valence-electron chi connectivity index (χ2n) is 8.60. The van der Waals surface area contributed by atoms with E-state index >= 15 is 0 Å². The fourth-order valence-corrected chi connectivity index (χ4v) is 4.88. The molecule has 1 aromatic heterocycles. The minimum absolute atomic E-state index is 0.00780. The largest absolute Gasteiger partial charge is 0.331 e. The zero-order valence-corrected chi connectivity index (χ0v) is 20.6. The van der Waals surface area contributed by atoms with Crippen molar-refractivity contribution < 1.29 is 18.0 Å². The van der Waals surface area contributed by atoms with E-state index in [1.54, 1.807) is 12.1 Å². The van der Waals surface area contributed by atoms with Gasteiger partial charge in [-0.3, -0.25) is 20.4 Å². The number of hydrogen-bond acceptors (Lipinski definition) is 7. The summed E-state index contributed by atoms with van der Waals surface area (Å²) in [5, 5.41) is 0. The van der Waals surface area contributed by atoms with Crippen molar-refractivity contribution in [1.82, 2.24) is 35.6 Å². The average Bonchev–Trinajstić information content (AvgIpc) is 3.46. The lowest BCUT2D eigenvalue weighted by Crippen LogP contribution is -2.50. The van der Waals surface area contributed by atoms with Crippen LogP contribution in [0.4, 0.5) is 0 Å².